The molecule has 2 aromatic rings. The maximum Gasteiger partial charge on any atom is 0.336 e. The Balaban J connectivity index is 1.77. The number of carbonyl (C=O) groups is 2. The number of rotatable bonds is 10. The number of nitrogens with one attached hydrogen (secondary N) is 1. The van der Waals surface area contributed by atoms with Crippen molar-refractivity contribution in [2.75, 3.05) is 34.0 Å². The average molecular weight is 506 g/mol. The molecule has 2 atom stereocenters. The lowest BCUT2D eigenvalue weighted by atomic mass is 9.71. The van der Waals surface area contributed by atoms with Crippen LogP contribution in [0.15, 0.2) is 71.1 Å². The summed E-state index contributed by atoms with van der Waals surface area (Å²) in [5, 5.41) is 3.39. The summed E-state index contributed by atoms with van der Waals surface area (Å²) in [5.74, 6) is 0.226. The molecular weight excluding hydrogens is 470 g/mol. The first-order valence-electron chi connectivity index (χ1n) is 12.7. The zero-order valence-electron chi connectivity index (χ0n) is 22.0. The Kier molecular flexibility index (Phi) is 8.66. The lowest BCUT2D eigenvalue weighted by Crippen LogP contribution is -2.36. The van der Waals surface area contributed by atoms with Gasteiger partial charge in [0.1, 0.15) is 6.61 Å². The fourth-order valence-electron chi connectivity index (χ4n) is 5.09. The number of hydrogen-bond acceptors (Lipinski definition) is 7. The first-order valence-corrected chi connectivity index (χ1v) is 12.7. The van der Waals surface area contributed by atoms with Crippen LogP contribution in [0.25, 0.3) is 0 Å². The van der Waals surface area contributed by atoms with E-state index < -0.39 is 11.9 Å². The topological polar surface area (TPSA) is 83.1 Å². The molecule has 7 heteroatoms. The van der Waals surface area contributed by atoms with E-state index in [2.05, 4.69) is 17.4 Å². The fourth-order valence-corrected chi connectivity index (χ4v) is 5.09. The van der Waals surface area contributed by atoms with Gasteiger partial charge in [-0.25, -0.2) is 4.79 Å². The van der Waals surface area contributed by atoms with Gasteiger partial charge in [-0.1, -0.05) is 43.3 Å². The summed E-state index contributed by atoms with van der Waals surface area (Å²) < 4.78 is 22.0. The lowest BCUT2D eigenvalue weighted by Gasteiger charge is -2.36. The van der Waals surface area contributed by atoms with E-state index in [-0.39, 0.29) is 18.3 Å². The summed E-state index contributed by atoms with van der Waals surface area (Å²) in [4.78, 5) is 27.1. The van der Waals surface area contributed by atoms with E-state index in [1.165, 1.54) is 0 Å². The Morgan fingerprint density at radius 1 is 0.973 bits per heavy atom. The van der Waals surface area contributed by atoms with Crippen LogP contribution >= 0.6 is 0 Å². The Labute approximate surface area is 218 Å². The van der Waals surface area contributed by atoms with Gasteiger partial charge in [0.2, 0.25) is 0 Å². The average Bonchev–Trinajstić information content (AvgIpc) is 2.91. The zero-order chi connectivity index (χ0) is 26.4. The number of ketones is 1. The van der Waals surface area contributed by atoms with Crippen LogP contribution in [0.2, 0.25) is 0 Å². The van der Waals surface area contributed by atoms with Gasteiger partial charge in [0.05, 0.1) is 25.9 Å². The molecule has 2 aliphatic rings. The maximum atomic E-state index is 13.7. The lowest BCUT2D eigenvalue weighted by molar-refractivity contribution is -0.140. The number of hydrogen-bond donors (Lipinski definition) is 1. The van der Waals surface area contributed by atoms with Gasteiger partial charge in [-0.3, -0.25) is 4.79 Å². The second kappa shape index (κ2) is 12.1. The van der Waals surface area contributed by atoms with Crippen LogP contribution < -0.4 is 14.8 Å². The van der Waals surface area contributed by atoms with Crippen molar-refractivity contribution in [3.8, 4) is 11.5 Å². The molecule has 7 nitrogen and oxygen atoms in total. The predicted octanol–water partition coefficient (Wildman–Crippen LogP) is 5.04. The molecule has 1 aliphatic heterocycles. The molecule has 4 rings (SSSR count). The van der Waals surface area contributed by atoms with Crippen molar-refractivity contribution >= 4 is 11.8 Å². The molecule has 2 aromatic carbocycles. The van der Waals surface area contributed by atoms with E-state index in [9.17, 15) is 9.59 Å². The van der Waals surface area contributed by atoms with Crippen LogP contribution in [-0.4, -0.2) is 45.8 Å². The molecule has 196 valence electrons. The SMILES string of the molecule is CCCOc1ccc([C@@H]2C(C(=O)OCCOC)=C(C)NC3=C2C(=O)C[C@@H](c2ccccc2)C3)cc1OC. The van der Waals surface area contributed by atoms with Gasteiger partial charge < -0.3 is 24.3 Å². The smallest absolute Gasteiger partial charge is 0.336 e. The molecule has 0 aromatic heterocycles. The van der Waals surface area contributed by atoms with Crippen molar-refractivity contribution in [1.29, 1.82) is 0 Å². The number of ether oxygens (including phenoxy) is 4. The fraction of sp³-hybridized carbons (Fsp3) is 0.400. The van der Waals surface area contributed by atoms with Crippen molar-refractivity contribution in [2.45, 2.75) is 44.9 Å². The molecule has 0 amide bonds. The second-order valence-corrected chi connectivity index (χ2v) is 9.32. The van der Waals surface area contributed by atoms with Gasteiger partial charge in [0.15, 0.2) is 17.3 Å². The molecule has 0 fully saturated rings. The van der Waals surface area contributed by atoms with E-state index >= 15 is 0 Å². The number of benzene rings is 2. The summed E-state index contributed by atoms with van der Waals surface area (Å²) in [5.41, 5.74) is 4.47. The van der Waals surface area contributed by atoms with Gasteiger partial charge in [-0.15, -0.1) is 0 Å². The molecule has 0 radical (unpaired) electrons. The number of carbonyl (C=O) groups excluding carboxylic acids is 2. The normalized spacial score (nSPS) is 19.3. The third-order valence-corrected chi connectivity index (χ3v) is 6.82. The van der Waals surface area contributed by atoms with E-state index in [4.69, 9.17) is 18.9 Å². The third kappa shape index (κ3) is 5.72. The Morgan fingerprint density at radius 2 is 1.76 bits per heavy atom. The predicted molar refractivity (Wildman–Crippen MR) is 141 cm³/mol. The quantitative estimate of drug-likeness (QED) is 0.358. The summed E-state index contributed by atoms with van der Waals surface area (Å²) in [6.07, 6.45) is 1.92. The van der Waals surface area contributed by atoms with Crippen LogP contribution in [0.4, 0.5) is 0 Å². The Morgan fingerprint density at radius 3 is 2.46 bits per heavy atom. The van der Waals surface area contributed by atoms with Gasteiger partial charge in [-0.05, 0) is 48.9 Å². The minimum Gasteiger partial charge on any atom is -0.493 e. The first kappa shape index (κ1) is 26.5. The third-order valence-electron chi connectivity index (χ3n) is 6.82. The summed E-state index contributed by atoms with van der Waals surface area (Å²) in [6.45, 7) is 4.88. The monoisotopic (exact) mass is 505 g/mol. The molecule has 0 saturated carbocycles. The van der Waals surface area contributed by atoms with Crippen LogP contribution in [0.5, 0.6) is 11.5 Å². The van der Waals surface area contributed by atoms with Crippen LogP contribution in [-0.2, 0) is 19.1 Å². The summed E-state index contributed by atoms with van der Waals surface area (Å²) in [7, 11) is 3.14. The Hall–Kier alpha value is -3.58. The Bertz CT molecular complexity index is 1200. The summed E-state index contributed by atoms with van der Waals surface area (Å²) in [6, 6.07) is 15.7. The van der Waals surface area contributed by atoms with Gasteiger partial charge in [0, 0.05) is 36.4 Å². The molecule has 1 heterocycles. The molecular formula is C30H35NO6. The molecule has 37 heavy (non-hydrogen) atoms. The van der Waals surface area contributed by atoms with Crippen molar-refractivity contribution in [3.63, 3.8) is 0 Å². The molecule has 0 spiro atoms. The molecule has 1 aliphatic carbocycles. The molecule has 1 N–H and O–H groups in total. The number of Topliss-reactive ketones (excluding diaryl/α,β-unsaturated/α-hetero) is 1. The molecule has 0 bridgehead atoms. The van der Waals surface area contributed by atoms with Crippen molar-refractivity contribution in [3.05, 3.63) is 82.2 Å². The van der Waals surface area contributed by atoms with Crippen LogP contribution in [0.3, 0.4) is 0 Å². The van der Waals surface area contributed by atoms with Gasteiger partial charge in [-0.2, -0.15) is 0 Å². The van der Waals surface area contributed by atoms with Crippen molar-refractivity contribution in [1.82, 2.24) is 5.32 Å². The highest BCUT2D eigenvalue weighted by atomic mass is 16.6. The molecule has 0 unspecified atom stereocenters. The van der Waals surface area contributed by atoms with E-state index in [1.807, 2.05) is 50.2 Å². The number of methoxy groups -OCH3 is 2. The largest absolute Gasteiger partial charge is 0.493 e. The second-order valence-electron chi connectivity index (χ2n) is 9.32. The minimum atomic E-state index is -0.579. The van der Waals surface area contributed by atoms with Crippen molar-refractivity contribution in [2.24, 2.45) is 0 Å². The van der Waals surface area contributed by atoms with Crippen molar-refractivity contribution < 1.29 is 28.5 Å². The number of esters is 1. The molecule has 0 saturated heterocycles. The minimum absolute atomic E-state index is 0.0209. The maximum absolute atomic E-state index is 13.7. The van der Waals surface area contributed by atoms with E-state index in [0.717, 1.165) is 23.2 Å². The highest BCUT2D eigenvalue weighted by Crippen LogP contribution is 2.47. The zero-order valence-corrected chi connectivity index (χ0v) is 22.0. The van der Waals surface area contributed by atoms with Gasteiger partial charge in [0.25, 0.3) is 0 Å². The number of allylic oxidation sites excluding steroid dienone is 3. The standard InChI is InChI=1S/C30H35NO6/c1-5-13-36-25-12-11-21(18-26(25)35-4)28-27(30(33)37-15-14-34-3)19(2)31-23-16-22(17-24(32)29(23)28)20-9-7-6-8-10-20/h6-12,18,22,28,31H,5,13-17H2,1-4H3/t22-,28+/m0/s1. The van der Waals surface area contributed by atoms with E-state index in [0.29, 0.717) is 54.4 Å². The van der Waals surface area contributed by atoms with E-state index in [1.54, 1.807) is 14.2 Å². The first-order chi connectivity index (χ1) is 18.0. The van der Waals surface area contributed by atoms with Gasteiger partial charge >= 0.3 is 5.97 Å². The highest BCUT2D eigenvalue weighted by molar-refractivity contribution is 6.04. The highest BCUT2D eigenvalue weighted by Gasteiger charge is 2.41. The number of dihydropyridines is 1. The summed E-state index contributed by atoms with van der Waals surface area (Å²) >= 11 is 0. The van der Waals surface area contributed by atoms with Crippen LogP contribution in [0, 0.1) is 0 Å². The van der Waals surface area contributed by atoms with Crippen LogP contribution in [0.1, 0.15) is 56.1 Å².